The van der Waals surface area contributed by atoms with Crippen molar-refractivity contribution in [2.45, 2.75) is 6.42 Å². The molecule has 1 N–H and O–H groups in total. The summed E-state index contributed by atoms with van der Waals surface area (Å²) in [6.45, 7) is 0. The average Bonchev–Trinajstić information content (AvgIpc) is 2.19. The Morgan fingerprint density at radius 1 is 1.38 bits per heavy atom. The maximum atomic E-state index is 9.98. The Kier molecular flexibility index (Phi) is 3.59. The Morgan fingerprint density at radius 2 is 2.08 bits per heavy atom. The topological polar surface area (TPSA) is 29.1 Å². The Bertz CT molecular complexity index is 329. The van der Waals surface area contributed by atoms with Gasteiger partial charge in [-0.15, -0.1) is 0 Å². The Labute approximate surface area is 78.0 Å². The first-order valence-electron chi connectivity index (χ1n) is 4.07. The van der Waals surface area contributed by atoms with Crippen molar-refractivity contribution < 1.29 is 4.79 Å². The molecule has 1 rings (SSSR count). The lowest BCUT2D eigenvalue weighted by atomic mass is 10.2. The molecule has 0 spiro atoms. The molecule has 0 heterocycles. The highest BCUT2D eigenvalue weighted by Crippen LogP contribution is 2.06. The summed E-state index contributed by atoms with van der Waals surface area (Å²) in [5.74, 6) is 5.64. The molecule has 2 nitrogen and oxygen atoms in total. The summed E-state index contributed by atoms with van der Waals surface area (Å²) >= 11 is 0. The zero-order valence-electron chi connectivity index (χ0n) is 7.50. The van der Waals surface area contributed by atoms with Crippen molar-refractivity contribution in [2.75, 3.05) is 12.4 Å². The van der Waals surface area contributed by atoms with Crippen LogP contribution < -0.4 is 5.32 Å². The number of carbonyl (C=O) groups excluding carboxylic acids is 1. The number of nitrogens with one attached hydrogen (secondary N) is 1. The van der Waals surface area contributed by atoms with E-state index in [0.717, 1.165) is 17.5 Å². The van der Waals surface area contributed by atoms with Crippen LogP contribution in [0.1, 0.15) is 12.0 Å². The second-order valence-electron chi connectivity index (χ2n) is 2.50. The minimum Gasteiger partial charge on any atom is -0.388 e. The summed E-state index contributed by atoms with van der Waals surface area (Å²) in [4.78, 5) is 9.98. The molecule has 0 saturated carbocycles. The van der Waals surface area contributed by atoms with Crippen molar-refractivity contribution in [3.63, 3.8) is 0 Å². The molecule has 0 aliphatic heterocycles. The van der Waals surface area contributed by atoms with Crippen molar-refractivity contribution in [1.82, 2.24) is 0 Å². The van der Waals surface area contributed by atoms with Crippen molar-refractivity contribution in [3.8, 4) is 11.8 Å². The molecular weight excluding hydrogens is 162 g/mol. The second-order valence-corrected chi connectivity index (χ2v) is 2.50. The number of aldehydes is 1. The van der Waals surface area contributed by atoms with Crippen LogP contribution in [0.2, 0.25) is 0 Å². The predicted molar refractivity (Wildman–Crippen MR) is 53.5 cm³/mol. The van der Waals surface area contributed by atoms with E-state index in [4.69, 9.17) is 0 Å². The van der Waals surface area contributed by atoms with E-state index in [1.54, 1.807) is 0 Å². The molecule has 0 atom stereocenters. The molecule has 2 heteroatoms. The number of benzene rings is 1. The number of rotatable bonds is 2. The maximum Gasteiger partial charge on any atom is 0.131 e. The van der Waals surface area contributed by atoms with Crippen LogP contribution in [0.15, 0.2) is 24.3 Å². The van der Waals surface area contributed by atoms with Crippen LogP contribution in [0.25, 0.3) is 0 Å². The third-order valence-electron chi connectivity index (χ3n) is 1.59. The summed E-state index contributed by atoms with van der Waals surface area (Å²) in [5.41, 5.74) is 1.99. The van der Waals surface area contributed by atoms with Gasteiger partial charge in [-0.05, 0) is 24.3 Å². The zero-order chi connectivity index (χ0) is 9.52. The highest BCUT2D eigenvalue weighted by molar-refractivity contribution is 5.55. The normalized spacial score (nSPS) is 8.38. The summed E-state index contributed by atoms with van der Waals surface area (Å²) in [6.07, 6.45) is 1.10. The lowest BCUT2D eigenvalue weighted by Crippen LogP contribution is -1.86. The number of anilines is 1. The van der Waals surface area contributed by atoms with Gasteiger partial charge < -0.3 is 10.1 Å². The second kappa shape index (κ2) is 5.00. The first kappa shape index (κ1) is 9.34. The van der Waals surface area contributed by atoms with Crippen molar-refractivity contribution >= 4 is 12.0 Å². The summed E-state index contributed by atoms with van der Waals surface area (Å²) in [7, 11) is 1.87. The third-order valence-corrected chi connectivity index (χ3v) is 1.59. The lowest BCUT2D eigenvalue weighted by molar-refractivity contribution is -0.107. The van der Waals surface area contributed by atoms with Gasteiger partial charge in [0.15, 0.2) is 0 Å². The van der Waals surface area contributed by atoms with Gasteiger partial charge in [0, 0.05) is 18.3 Å². The van der Waals surface area contributed by atoms with Gasteiger partial charge >= 0.3 is 0 Å². The molecule has 0 bridgehead atoms. The molecule has 0 unspecified atom stereocenters. The minimum absolute atomic E-state index is 0.299. The van der Waals surface area contributed by atoms with E-state index in [0.29, 0.717) is 6.42 Å². The van der Waals surface area contributed by atoms with Gasteiger partial charge in [0.25, 0.3) is 0 Å². The zero-order valence-corrected chi connectivity index (χ0v) is 7.50. The Morgan fingerprint density at radius 3 is 2.62 bits per heavy atom. The van der Waals surface area contributed by atoms with Crippen LogP contribution in [0.3, 0.4) is 0 Å². The highest BCUT2D eigenvalue weighted by atomic mass is 16.1. The molecule has 0 aromatic heterocycles. The van der Waals surface area contributed by atoms with Crippen LogP contribution in [0.5, 0.6) is 0 Å². The van der Waals surface area contributed by atoms with Gasteiger partial charge in [-0.3, -0.25) is 0 Å². The maximum absolute atomic E-state index is 9.98. The smallest absolute Gasteiger partial charge is 0.131 e. The largest absolute Gasteiger partial charge is 0.388 e. The molecule has 66 valence electrons. The first-order chi connectivity index (χ1) is 6.36. The summed E-state index contributed by atoms with van der Waals surface area (Å²) in [6, 6.07) is 7.74. The van der Waals surface area contributed by atoms with Crippen LogP contribution in [0, 0.1) is 11.8 Å². The van der Waals surface area contributed by atoms with E-state index in [1.165, 1.54) is 0 Å². The number of hydrogen-bond acceptors (Lipinski definition) is 2. The van der Waals surface area contributed by atoms with Gasteiger partial charge in [-0.2, -0.15) is 0 Å². The summed E-state index contributed by atoms with van der Waals surface area (Å²) < 4.78 is 0. The molecule has 0 fully saturated rings. The standard InChI is InChI=1S/C11H11NO/c1-12-11-7-5-10(6-8-11)4-2-3-9-13/h5-9,12H,3H2,1H3. The van der Waals surface area contributed by atoms with Crippen molar-refractivity contribution in [1.29, 1.82) is 0 Å². The first-order valence-corrected chi connectivity index (χ1v) is 4.07. The predicted octanol–water partition coefficient (Wildman–Crippen LogP) is 1.67. The lowest BCUT2D eigenvalue weighted by Gasteiger charge is -1.97. The van der Waals surface area contributed by atoms with Gasteiger partial charge in [-0.25, -0.2) is 0 Å². The van der Waals surface area contributed by atoms with Gasteiger partial charge in [-0.1, -0.05) is 11.8 Å². The quantitative estimate of drug-likeness (QED) is 0.544. The van der Waals surface area contributed by atoms with Crippen LogP contribution in [-0.2, 0) is 4.79 Å². The van der Waals surface area contributed by atoms with Gasteiger partial charge in [0.05, 0.1) is 6.42 Å². The van der Waals surface area contributed by atoms with Gasteiger partial charge in [0.2, 0.25) is 0 Å². The third kappa shape index (κ3) is 3.00. The fourth-order valence-electron chi connectivity index (χ4n) is 0.915. The molecule has 1 aromatic carbocycles. The van der Waals surface area contributed by atoms with Crippen LogP contribution >= 0.6 is 0 Å². The average molecular weight is 173 g/mol. The molecule has 0 aliphatic carbocycles. The SMILES string of the molecule is CNc1ccc(C#CCC=O)cc1. The fraction of sp³-hybridized carbons (Fsp3) is 0.182. The number of carbonyl (C=O) groups is 1. The molecular formula is C11H11NO. The van der Waals surface area contributed by atoms with E-state index in [9.17, 15) is 4.79 Å². The summed E-state index contributed by atoms with van der Waals surface area (Å²) in [5, 5.41) is 3.02. The van der Waals surface area contributed by atoms with Crippen LogP contribution in [0.4, 0.5) is 5.69 Å². The van der Waals surface area contributed by atoms with Crippen molar-refractivity contribution in [2.24, 2.45) is 0 Å². The molecule has 13 heavy (non-hydrogen) atoms. The van der Waals surface area contributed by atoms with E-state index < -0.39 is 0 Å². The molecule has 1 aromatic rings. The van der Waals surface area contributed by atoms with Crippen molar-refractivity contribution in [3.05, 3.63) is 29.8 Å². The minimum atomic E-state index is 0.299. The van der Waals surface area contributed by atoms with E-state index >= 15 is 0 Å². The highest BCUT2D eigenvalue weighted by Gasteiger charge is 1.87. The fourth-order valence-corrected chi connectivity index (χ4v) is 0.915. The monoisotopic (exact) mass is 173 g/mol. The van der Waals surface area contributed by atoms with E-state index in [1.807, 2.05) is 31.3 Å². The molecule has 0 amide bonds. The van der Waals surface area contributed by atoms with Crippen LogP contribution in [-0.4, -0.2) is 13.3 Å². The van der Waals surface area contributed by atoms with Gasteiger partial charge in [0.1, 0.15) is 6.29 Å². The Hall–Kier alpha value is -1.75. The molecule has 0 radical (unpaired) electrons. The molecule has 0 aliphatic rings. The van der Waals surface area contributed by atoms with E-state index in [2.05, 4.69) is 17.2 Å². The number of hydrogen-bond donors (Lipinski definition) is 1. The Balaban J connectivity index is 2.70. The van der Waals surface area contributed by atoms with E-state index in [-0.39, 0.29) is 0 Å². The molecule has 0 saturated heterocycles.